The van der Waals surface area contributed by atoms with Gasteiger partial charge >= 0.3 is 6.09 Å². The quantitative estimate of drug-likeness (QED) is 0.843. The lowest BCUT2D eigenvalue weighted by molar-refractivity contribution is 0.0378. The van der Waals surface area contributed by atoms with Gasteiger partial charge in [-0.25, -0.2) is 4.79 Å². The van der Waals surface area contributed by atoms with Gasteiger partial charge < -0.3 is 24.4 Å². The highest BCUT2D eigenvalue weighted by Gasteiger charge is 2.31. The first-order valence-electron chi connectivity index (χ1n) is 9.85. The van der Waals surface area contributed by atoms with Gasteiger partial charge in [-0.2, -0.15) is 0 Å². The number of hydrogen-bond acceptors (Lipinski definition) is 6. The van der Waals surface area contributed by atoms with E-state index >= 15 is 0 Å². The van der Waals surface area contributed by atoms with E-state index in [0.29, 0.717) is 44.1 Å². The third kappa shape index (κ3) is 4.49. The molecule has 2 aliphatic rings. The molecule has 2 fully saturated rings. The zero-order valence-corrected chi connectivity index (χ0v) is 16.6. The first-order chi connectivity index (χ1) is 13.5. The topological polar surface area (TPSA) is 82.6 Å². The molecule has 2 aliphatic heterocycles. The van der Waals surface area contributed by atoms with E-state index < -0.39 is 0 Å². The second-order valence-electron chi connectivity index (χ2n) is 7.16. The van der Waals surface area contributed by atoms with Gasteiger partial charge in [-0.05, 0) is 38.0 Å². The lowest BCUT2D eigenvalue weighted by Crippen LogP contribution is -2.56. The number of ether oxygens (including phenoxy) is 2. The van der Waals surface area contributed by atoms with Crippen LogP contribution in [-0.4, -0.2) is 90.8 Å². The standard InChI is InChI=1S/C20H29N3O5/c1-3-28-20(26)22-11-9-21(10-12-22)16-5-4-8-23(14-16)19(25)15-6-7-18(27-2)17(24)13-15/h6-7,13,16,24H,3-5,8-12,14H2,1-2H3/t16-/m1/s1. The fraction of sp³-hybridized carbons (Fsp3) is 0.600. The van der Waals surface area contributed by atoms with Crippen LogP contribution in [0.15, 0.2) is 18.2 Å². The molecule has 1 aromatic rings. The molecule has 0 radical (unpaired) electrons. The molecular formula is C20H29N3O5. The fourth-order valence-electron chi connectivity index (χ4n) is 3.93. The minimum Gasteiger partial charge on any atom is -0.504 e. The summed E-state index contributed by atoms with van der Waals surface area (Å²) in [6, 6.07) is 5.04. The van der Waals surface area contributed by atoms with Gasteiger partial charge in [-0.15, -0.1) is 0 Å². The van der Waals surface area contributed by atoms with Crippen LogP contribution >= 0.6 is 0 Å². The second kappa shape index (κ2) is 9.14. The number of nitrogens with zero attached hydrogens (tertiary/aromatic N) is 3. The molecule has 0 aliphatic carbocycles. The predicted molar refractivity (Wildman–Crippen MR) is 104 cm³/mol. The Labute approximate surface area is 165 Å². The number of amides is 2. The van der Waals surface area contributed by atoms with Crippen LogP contribution in [0.2, 0.25) is 0 Å². The molecule has 1 atom stereocenters. The highest BCUT2D eigenvalue weighted by Crippen LogP contribution is 2.27. The van der Waals surface area contributed by atoms with Crippen molar-refractivity contribution in [3.8, 4) is 11.5 Å². The summed E-state index contributed by atoms with van der Waals surface area (Å²) in [5, 5.41) is 9.96. The number of rotatable bonds is 4. The summed E-state index contributed by atoms with van der Waals surface area (Å²) in [5.74, 6) is 0.248. The Morgan fingerprint density at radius 2 is 1.89 bits per heavy atom. The van der Waals surface area contributed by atoms with Crippen LogP contribution in [0.1, 0.15) is 30.1 Å². The number of benzene rings is 1. The summed E-state index contributed by atoms with van der Waals surface area (Å²) in [4.78, 5) is 30.7. The van der Waals surface area contributed by atoms with Crippen molar-refractivity contribution in [2.75, 3.05) is 53.0 Å². The van der Waals surface area contributed by atoms with Crippen molar-refractivity contribution in [3.05, 3.63) is 23.8 Å². The molecule has 2 amide bonds. The van der Waals surface area contributed by atoms with Crippen molar-refractivity contribution in [1.29, 1.82) is 0 Å². The molecule has 8 heteroatoms. The maximum atomic E-state index is 12.9. The molecule has 28 heavy (non-hydrogen) atoms. The van der Waals surface area contributed by atoms with Crippen LogP contribution in [0.25, 0.3) is 0 Å². The normalized spacial score (nSPS) is 20.7. The van der Waals surface area contributed by atoms with E-state index in [4.69, 9.17) is 9.47 Å². The maximum absolute atomic E-state index is 12.9. The molecule has 1 N–H and O–H groups in total. The monoisotopic (exact) mass is 391 g/mol. The largest absolute Gasteiger partial charge is 0.504 e. The van der Waals surface area contributed by atoms with Gasteiger partial charge in [0.2, 0.25) is 0 Å². The van der Waals surface area contributed by atoms with Crippen LogP contribution in [0, 0.1) is 0 Å². The Kier molecular flexibility index (Phi) is 6.61. The molecule has 8 nitrogen and oxygen atoms in total. The number of phenols is 1. The fourth-order valence-corrected chi connectivity index (χ4v) is 3.93. The molecular weight excluding hydrogens is 362 g/mol. The Balaban J connectivity index is 1.58. The molecule has 2 saturated heterocycles. The predicted octanol–water partition coefficient (Wildman–Crippen LogP) is 1.78. The first-order valence-corrected chi connectivity index (χ1v) is 9.85. The molecule has 3 rings (SSSR count). The van der Waals surface area contributed by atoms with E-state index in [-0.39, 0.29) is 23.8 Å². The van der Waals surface area contributed by atoms with Gasteiger partial charge in [0.1, 0.15) is 0 Å². The third-order valence-corrected chi connectivity index (χ3v) is 5.47. The van der Waals surface area contributed by atoms with Crippen LogP contribution < -0.4 is 4.74 Å². The van der Waals surface area contributed by atoms with Crippen molar-refractivity contribution in [2.45, 2.75) is 25.8 Å². The molecule has 2 heterocycles. The van der Waals surface area contributed by atoms with Gasteiger partial charge in [-0.3, -0.25) is 9.69 Å². The Bertz CT molecular complexity index is 703. The van der Waals surface area contributed by atoms with Crippen molar-refractivity contribution >= 4 is 12.0 Å². The zero-order valence-electron chi connectivity index (χ0n) is 16.6. The number of piperidine rings is 1. The minimum atomic E-state index is -0.248. The summed E-state index contributed by atoms with van der Waals surface area (Å²) < 4.78 is 10.1. The third-order valence-electron chi connectivity index (χ3n) is 5.47. The van der Waals surface area contributed by atoms with Gasteiger partial charge in [0, 0.05) is 50.9 Å². The Hall–Kier alpha value is -2.48. The van der Waals surface area contributed by atoms with Gasteiger partial charge in [-0.1, -0.05) is 0 Å². The molecule has 0 aromatic heterocycles. The number of aromatic hydroxyl groups is 1. The molecule has 154 valence electrons. The van der Waals surface area contributed by atoms with Gasteiger partial charge in [0.05, 0.1) is 13.7 Å². The van der Waals surface area contributed by atoms with Gasteiger partial charge in [0.15, 0.2) is 11.5 Å². The van der Waals surface area contributed by atoms with Crippen molar-refractivity contribution in [3.63, 3.8) is 0 Å². The van der Waals surface area contributed by atoms with Gasteiger partial charge in [0.25, 0.3) is 5.91 Å². The lowest BCUT2D eigenvalue weighted by Gasteiger charge is -2.43. The number of hydrogen-bond donors (Lipinski definition) is 1. The summed E-state index contributed by atoms with van der Waals surface area (Å²) in [5.41, 5.74) is 0.464. The van der Waals surface area contributed by atoms with E-state index in [2.05, 4.69) is 4.90 Å². The summed E-state index contributed by atoms with van der Waals surface area (Å²) in [7, 11) is 1.48. The van der Waals surface area contributed by atoms with Crippen LogP contribution in [0.5, 0.6) is 11.5 Å². The van der Waals surface area contributed by atoms with Crippen molar-refractivity contribution < 1.29 is 24.2 Å². The van der Waals surface area contributed by atoms with E-state index in [1.165, 1.54) is 13.2 Å². The number of carbonyl (C=O) groups is 2. The summed E-state index contributed by atoms with van der Waals surface area (Å²) in [6.45, 7) is 6.44. The average molecular weight is 391 g/mol. The van der Waals surface area contributed by atoms with Crippen LogP contribution in [0.4, 0.5) is 4.79 Å². The number of phenolic OH excluding ortho intramolecular Hbond substituents is 1. The highest BCUT2D eigenvalue weighted by molar-refractivity contribution is 5.95. The molecule has 1 aromatic carbocycles. The lowest BCUT2D eigenvalue weighted by atomic mass is 10.0. The van der Waals surface area contributed by atoms with Crippen molar-refractivity contribution in [1.82, 2.24) is 14.7 Å². The van der Waals surface area contributed by atoms with Crippen molar-refractivity contribution in [2.24, 2.45) is 0 Å². The molecule has 0 bridgehead atoms. The number of methoxy groups -OCH3 is 1. The molecule has 0 unspecified atom stereocenters. The zero-order chi connectivity index (χ0) is 20.1. The second-order valence-corrected chi connectivity index (χ2v) is 7.16. The Morgan fingerprint density at radius 1 is 1.14 bits per heavy atom. The maximum Gasteiger partial charge on any atom is 0.409 e. The Morgan fingerprint density at radius 3 is 2.54 bits per heavy atom. The van der Waals surface area contributed by atoms with E-state index in [1.807, 2.05) is 11.8 Å². The minimum absolute atomic E-state index is 0.0306. The summed E-state index contributed by atoms with van der Waals surface area (Å²) >= 11 is 0. The van der Waals surface area contributed by atoms with E-state index in [9.17, 15) is 14.7 Å². The number of piperazine rings is 1. The average Bonchev–Trinajstić information content (AvgIpc) is 2.73. The van der Waals surface area contributed by atoms with E-state index in [0.717, 1.165) is 25.9 Å². The first kappa shape index (κ1) is 20.3. The molecule has 0 spiro atoms. The SMILES string of the molecule is CCOC(=O)N1CCN([C@@H]2CCCN(C(=O)c3ccc(OC)c(O)c3)C2)CC1. The summed E-state index contributed by atoms with van der Waals surface area (Å²) in [6.07, 6.45) is 1.73. The number of carbonyl (C=O) groups excluding carboxylic acids is 2. The number of likely N-dealkylation sites (tertiary alicyclic amines) is 1. The molecule has 0 saturated carbocycles. The van der Waals surface area contributed by atoms with E-state index in [1.54, 1.807) is 17.0 Å². The van der Waals surface area contributed by atoms with Crippen LogP contribution in [-0.2, 0) is 4.74 Å². The highest BCUT2D eigenvalue weighted by atomic mass is 16.6. The smallest absolute Gasteiger partial charge is 0.409 e. The van der Waals surface area contributed by atoms with Crippen LogP contribution in [0.3, 0.4) is 0 Å².